The van der Waals surface area contributed by atoms with Gasteiger partial charge >= 0.3 is 12.1 Å². The molecule has 1 amide bonds. The van der Waals surface area contributed by atoms with Crippen molar-refractivity contribution in [1.29, 1.82) is 0 Å². The number of nitrogens with zero attached hydrogens (tertiary/aromatic N) is 1. The van der Waals surface area contributed by atoms with Gasteiger partial charge in [0.2, 0.25) is 0 Å². The highest BCUT2D eigenvalue weighted by molar-refractivity contribution is 6.03. The Bertz CT molecular complexity index is 1060. The van der Waals surface area contributed by atoms with Crippen molar-refractivity contribution < 1.29 is 19.1 Å². The molecular weight excluding hydrogens is 390 g/mol. The number of fused-ring (bicyclic) bond motifs is 3. The molecule has 1 aliphatic heterocycles. The summed E-state index contributed by atoms with van der Waals surface area (Å²) in [6.45, 7) is 5.59. The maximum absolute atomic E-state index is 13.4. The molecule has 1 aliphatic carbocycles. The van der Waals surface area contributed by atoms with E-state index in [0.717, 1.165) is 22.4 Å². The van der Waals surface area contributed by atoms with E-state index in [1.165, 1.54) is 7.11 Å². The van der Waals surface area contributed by atoms with E-state index >= 15 is 0 Å². The molecule has 0 N–H and O–H groups in total. The van der Waals surface area contributed by atoms with Crippen molar-refractivity contribution in [2.45, 2.75) is 44.8 Å². The predicted octanol–water partition coefficient (Wildman–Crippen LogP) is 5.48. The van der Waals surface area contributed by atoms with E-state index in [9.17, 15) is 9.59 Å². The fourth-order valence-corrected chi connectivity index (χ4v) is 4.32. The lowest BCUT2D eigenvalue weighted by Crippen LogP contribution is -2.43. The van der Waals surface area contributed by atoms with Crippen LogP contribution < -0.4 is 4.90 Å². The van der Waals surface area contributed by atoms with Crippen LogP contribution in [-0.2, 0) is 14.3 Å². The summed E-state index contributed by atoms with van der Waals surface area (Å²) in [4.78, 5) is 27.6. The average molecular weight is 418 g/mol. The van der Waals surface area contributed by atoms with Gasteiger partial charge in [0.15, 0.2) is 0 Å². The highest BCUT2D eigenvalue weighted by Gasteiger charge is 2.44. The van der Waals surface area contributed by atoms with Crippen LogP contribution in [-0.4, -0.2) is 30.8 Å². The summed E-state index contributed by atoms with van der Waals surface area (Å²) in [6, 6.07) is 17.5. The third-order valence-corrected chi connectivity index (χ3v) is 5.56. The van der Waals surface area contributed by atoms with Crippen molar-refractivity contribution in [3.05, 3.63) is 83.4 Å². The van der Waals surface area contributed by atoms with Crippen LogP contribution in [0.4, 0.5) is 10.5 Å². The summed E-state index contributed by atoms with van der Waals surface area (Å²) in [7, 11) is 1.39. The number of benzene rings is 2. The maximum atomic E-state index is 13.4. The van der Waals surface area contributed by atoms with Crippen LogP contribution in [0.25, 0.3) is 5.57 Å². The van der Waals surface area contributed by atoms with Crippen molar-refractivity contribution in [2.24, 2.45) is 0 Å². The first-order valence-corrected chi connectivity index (χ1v) is 10.5. The van der Waals surface area contributed by atoms with Gasteiger partial charge < -0.3 is 9.47 Å². The first kappa shape index (κ1) is 20.9. The van der Waals surface area contributed by atoms with E-state index in [1.807, 2.05) is 87.5 Å². The normalized spacial score (nSPS) is 20.1. The van der Waals surface area contributed by atoms with Crippen LogP contribution in [0.1, 0.15) is 44.2 Å². The Morgan fingerprint density at radius 2 is 1.68 bits per heavy atom. The average Bonchev–Trinajstić information content (AvgIpc) is 2.94. The number of hydrogen-bond donors (Lipinski definition) is 0. The van der Waals surface area contributed by atoms with Crippen LogP contribution in [0.3, 0.4) is 0 Å². The van der Waals surface area contributed by atoms with Gasteiger partial charge in [-0.1, -0.05) is 60.7 Å². The zero-order valence-corrected chi connectivity index (χ0v) is 18.3. The largest absolute Gasteiger partial charge is 0.466 e. The lowest BCUT2D eigenvalue weighted by Gasteiger charge is -2.33. The van der Waals surface area contributed by atoms with E-state index in [0.29, 0.717) is 12.0 Å². The van der Waals surface area contributed by atoms with Crippen molar-refractivity contribution in [3.8, 4) is 0 Å². The van der Waals surface area contributed by atoms with E-state index in [2.05, 4.69) is 0 Å². The van der Waals surface area contributed by atoms with Crippen molar-refractivity contribution in [2.75, 3.05) is 12.0 Å². The summed E-state index contributed by atoms with van der Waals surface area (Å²) < 4.78 is 10.8. The highest BCUT2D eigenvalue weighted by atomic mass is 16.6. The molecule has 2 aromatic carbocycles. The lowest BCUT2D eigenvalue weighted by molar-refractivity contribution is -0.136. The quantitative estimate of drug-likeness (QED) is 0.607. The molecule has 0 aromatic heterocycles. The highest BCUT2D eigenvalue weighted by Crippen LogP contribution is 2.48. The summed E-state index contributed by atoms with van der Waals surface area (Å²) in [5, 5.41) is 0. The van der Waals surface area contributed by atoms with Crippen LogP contribution >= 0.6 is 0 Å². The molecule has 4 rings (SSSR count). The number of carbonyl (C=O) groups excluding carboxylic acids is 2. The number of methoxy groups -OCH3 is 1. The number of hydrogen-bond acceptors (Lipinski definition) is 4. The minimum absolute atomic E-state index is 0.232. The predicted molar refractivity (Wildman–Crippen MR) is 121 cm³/mol. The van der Waals surface area contributed by atoms with Gasteiger partial charge in [0.25, 0.3) is 0 Å². The second-order valence-electron chi connectivity index (χ2n) is 8.80. The number of ether oxygens (including phenoxy) is 2. The first-order valence-electron chi connectivity index (χ1n) is 10.5. The fourth-order valence-electron chi connectivity index (χ4n) is 4.32. The van der Waals surface area contributed by atoms with Crippen LogP contribution in [0, 0.1) is 0 Å². The molecule has 0 radical (unpaired) electrons. The van der Waals surface area contributed by atoms with Crippen molar-refractivity contribution in [3.63, 3.8) is 0 Å². The van der Waals surface area contributed by atoms with Gasteiger partial charge in [0, 0.05) is 17.1 Å². The van der Waals surface area contributed by atoms with Gasteiger partial charge in [0.1, 0.15) is 5.60 Å². The Kier molecular flexibility index (Phi) is 5.44. The van der Waals surface area contributed by atoms with Gasteiger partial charge in [0.05, 0.1) is 18.8 Å². The monoisotopic (exact) mass is 417 g/mol. The van der Waals surface area contributed by atoms with Gasteiger partial charge in [-0.2, -0.15) is 0 Å². The van der Waals surface area contributed by atoms with Crippen LogP contribution in [0.15, 0.2) is 72.3 Å². The zero-order chi connectivity index (χ0) is 22.2. The zero-order valence-electron chi connectivity index (χ0n) is 18.3. The minimum Gasteiger partial charge on any atom is -0.466 e. The standard InChI is InChI=1S/C26H27NO4/c1-26(2,3)31-25(29)27-22-13-9-8-12-19(22)20-15-14-18(24(28)30-4)16-21(23(20)27)17-10-6-5-7-11-17/h5-13,15-16,21,23H,14H2,1-4H3/t21-,23-/m0/s1. The topological polar surface area (TPSA) is 55.8 Å². The Morgan fingerprint density at radius 1 is 1.00 bits per heavy atom. The Labute approximate surface area is 183 Å². The molecule has 0 bridgehead atoms. The number of anilines is 1. The van der Waals surface area contributed by atoms with E-state index < -0.39 is 11.7 Å². The molecule has 1 heterocycles. The molecule has 0 unspecified atom stereocenters. The SMILES string of the molecule is COC(=O)C1=C[C@@H](c2ccccc2)[C@@H]2C(=CC1)c1ccccc1N2C(=O)OC(C)(C)C. The van der Waals surface area contributed by atoms with E-state index in [1.54, 1.807) is 4.90 Å². The third-order valence-electron chi connectivity index (χ3n) is 5.56. The molecule has 160 valence electrons. The van der Waals surface area contributed by atoms with Gasteiger partial charge in [-0.3, -0.25) is 4.90 Å². The Hall–Kier alpha value is -3.34. The number of carbonyl (C=O) groups is 2. The lowest BCUT2D eigenvalue weighted by atomic mass is 9.86. The molecule has 2 aromatic rings. The van der Waals surface area contributed by atoms with Gasteiger partial charge in [-0.15, -0.1) is 0 Å². The number of esters is 1. The van der Waals surface area contributed by atoms with Gasteiger partial charge in [-0.05, 0) is 44.4 Å². The summed E-state index contributed by atoms with van der Waals surface area (Å²) in [5.41, 5.74) is 3.80. The maximum Gasteiger partial charge on any atom is 0.415 e. The second-order valence-corrected chi connectivity index (χ2v) is 8.80. The number of amides is 1. The van der Waals surface area contributed by atoms with Crippen LogP contribution in [0.5, 0.6) is 0 Å². The van der Waals surface area contributed by atoms with Gasteiger partial charge in [-0.25, -0.2) is 9.59 Å². The molecule has 0 spiro atoms. The van der Waals surface area contributed by atoms with Crippen molar-refractivity contribution >= 4 is 23.3 Å². The Balaban J connectivity index is 1.90. The summed E-state index contributed by atoms with van der Waals surface area (Å²) in [6.07, 6.45) is 4.03. The minimum atomic E-state index is -0.627. The molecule has 5 nitrogen and oxygen atoms in total. The molecule has 0 fully saturated rings. The molecule has 0 saturated heterocycles. The van der Waals surface area contributed by atoms with Crippen molar-refractivity contribution in [1.82, 2.24) is 0 Å². The number of allylic oxidation sites excluding steroid dienone is 1. The molecule has 31 heavy (non-hydrogen) atoms. The molecule has 2 atom stereocenters. The smallest absolute Gasteiger partial charge is 0.415 e. The molecule has 5 heteroatoms. The summed E-state index contributed by atoms with van der Waals surface area (Å²) >= 11 is 0. The fraction of sp³-hybridized carbons (Fsp3) is 0.308. The molecular formula is C26H27NO4. The number of para-hydroxylation sites is 1. The van der Waals surface area contributed by atoms with E-state index in [-0.39, 0.29) is 17.9 Å². The third kappa shape index (κ3) is 4.00. The first-order chi connectivity index (χ1) is 14.8. The van der Waals surface area contributed by atoms with Crippen LogP contribution in [0.2, 0.25) is 0 Å². The number of rotatable bonds is 2. The summed E-state index contributed by atoms with van der Waals surface area (Å²) in [5.74, 6) is -0.584. The molecule has 0 saturated carbocycles. The second kappa shape index (κ2) is 8.06. The Morgan fingerprint density at radius 3 is 2.35 bits per heavy atom. The van der Waals surface area contributed by atoms with E-state index in [4.69, 9.17) is 9.47 Å². The molecule has 2 aliphatic rings.